The van der Waals surface area contributed by atoms with Crippen LogP contribution in [0.15, 0.2) is 18.2 Å². The number of nitrogens with two attached hydrogens (primary N) is 2. The van der Waals surface area contributed by atoms with Crippen molar-refractivity contribution in [1.82, 2.24) is 0 Å². The lowest BCUT2D eigenvalue weighted by molar-refractivity contribution is -0.385. The van der Waals surface area contributed by atoms with Crippen molar-refractivity contribution in [2.75, 3.05) is 6.54 Å². The van der Waals surface area contributed by atoms with Crippen LogP contribution < -0.4 is 11.5 Å². The molecule has 0 unspecified atom stereocenters. The van der Waals surface area contributed by atoms with E-state index in [0.717, 1.165) is 0 Å². The Balaban J connectivity index is 3.12. The van der Waals surface area contributed by atoms with Crippen LogP contribution in [0.3, 0.4) is 0 Å². The minimum Gasteiger partial charge on any atom is -0.329 e. The fourth-order valence-corrected chi connectivity index (χ4v) is 1.19. The van der Waals surface area contributed by atoms with Crippen LogP contribution in [0.5, 0.6) is 0 Å². The molecule has 4 N–H and O–H groups in total. The maximum Gasteiger partial charge on any atom is 0.272 e. The van der Waals surface area contributed by atoms with E-state index in [2.05, 4.69) is 0 Å². The first-order valence-electron chi connectivity index (χ1n) is 4.27. The molecule has 1 aromatic carbocycles. The zero-order chi connectivity index (χ0) is 10.7. The van der Waals surface area contributed by atoms with E-state index in [-0.39, 0.29) is 18.3 Å². The molecule has 1 atom stereocenters. The molecule has 0 saturated heterocycles. The second kappa shape index (κ2) is 4.17. The Morgan fingerprint density at radius 3 is 2.71 bits per heavy atom. The van der Waals surface area contributed by atoms with E-state index in [4.69, 9.17) is 11.5 Å². The maximum absolute atomic E-state index is 10.6. The first-order chi connectivity index (χ1) is 6.56. The van der Waals surface area contributed by atoms with Gasteiger partial charge in [-0.3, -0.25) is 10.1 Å². The van der Waals surface area contributed by atoms with Gasteiger partial charge in [-0.2, -0.15) is 0 Å². The first kappa shape index (κ1) is 10.6. The number of aryl methyl sites for hydroxylation is 1. The zero-order valence-corrected chi connectivity index (χ0v) is 7.93. The molecule has 0 aromatic heterocycles. The van der Waals surface area contributed by atoms with Crippen molar-refractivity contribution < 1.29 is 4.92 Å². The SMILES string of the molecule is Cc1ccc([C@@H](N)CN)cc1[N+](=O)[O-]. The summed E-state index contributed by atoms with van der Waals surface area (Å²) >= 11 is 0. The van der Waals surface area contributed by atoms with Gasteiger partial charge in [0.2, 0.25) is 0 Å². The van der Waals surface area contributed by atoms with Crippen molar-refractivity contribution in [3.8, 4) is 0 Å². The Morgan fingerprint density at radius 1 is 1.57 bits per heavy atom. The Bertz CT molecular complexity index is 352. The zero-order valence-electron chi connectivity index (χ0n) is 7.93. The van der Waals surface area contributed by atoms with Crippen LogP contribution in [-0.2, 0) is 0 Å². The van der Waals surface area contributed by atoms with Crippen LogP contribution in [-0.4, -0.2) is 11.5 Å². The van der Waals surface area contributed by atoms with Crippen LogP contribution in [0.1, 0.15) is 17.2 Å². The highest BCUT2D eigenvalue weighted by Crippen LogP contribution is 2.21. The van der Waals surface area contributed by atoms with Crippen molar-refractivity contribution in [3.63, 3.8) is 0 Å². The molecule has 14 heavy (non-hydrogen) atoms. The number of hydrogen-bond donors (Lipinski definition) is 2. The predicted molar refractivity (Wildman–Crippen MR) is 53.8 cm³/mol. The number of benzene rings is 1. The van der Waals surface area contributed by atoms with Crippen LogP contribution in [0.2, 0.25) is 0 Å². The summed E-state index contributed by atoms with van der Waals surface area (Å²) in [7, 11) is 0. The largest absolute Gasteiger partial charge is 0.329 e. The maximum atomic E-state index is 10.6. The lowest BCUT2D eigenvalue weighted by atomic mass is 10.0. The fourth-order valence-electron chi connectivity index (χ4n) is 1.19. The van der Waals surface area contributed by atoms with Gasteiger partial charge in [0.05, 0.1) is 4.92 Å². The van der Waals surface area contributed by atoms with E-state index in [0.29, 0.717) is 11.1 Å². The van der Waals surface area contributed by atoms with Crippen molar-refractivity contribution >= 4 is 5.69 Å². The minimum absolute atomic E-state index is 0.0893. The second-order valence-electron chi connectivity index (χ2n) is 3.15. The predicted octanol–water partition coefficient (Wildman–Crippen LogP) is 0.862. The summed E-state index contributed by atoms with van der Waals surface area (Å²) in [6.07, 6.45) is 0. The van der Waals surface area contributed by atoms with Crippen molar-refractivity contribution in [2.24, 2.45) is 11.5 Å². The van der Waals surface area contributed by atoms with E-state index in [1.165, 1.54) is 6.07 Å². The molecule has 5 nitrogen and oxygen atoms in total. The monoisotopic (exact) mass is 195 g/mol. The van der Waals surface area contributed by atoms with Gasteiger partial charge in [0.25, 0.3) is 5.69 Å². The van der Waals surface area contributed by atoms with E-state index in [9.17, 15) is 10.1 Å². The summed E-state index contributed by atoms with van der Waals surface area (Å²) in [6, 6.07) is 4.59. The third-order valence-corrected chi connectivity index (χ3v) is 2.11. The second-order valence-corrected chi connectivity index (χ2v) is 3.15. The van der Waals surface area contributed by atoms with Crippen LogP contribution in [0.4, 0.5) is 5.69 Å². The Kier molecular flexibility index (Phi) is 3.16. The number of rotatable bonds is 3. The van der Waals surface area contributed by atoms with Gasteiger partial charge in [-0.25, -0.2) is 0 Å². The third-order valence-electron chi connectivity index (χ3n) is 2.11. The van der Waals surface area contributed by atoms with E-state index >= 15 is 0 Å². The van der Waals surface area contributed by atoms with E-state index in [1.807, 2.05) is 0 Å². The summed E-state index contributed by atoms with van der Waals surface area (Å²) in [5, 5.41) is 10.6. The van der Waals surface area contributed by atoms with Crippen LogP contribution in [0, 0.1) is 17.0 Å². The smallest absolute Gasteiger partial charge is 0.272 e. The summed E-state index contributed by atoms with van der Waals surface area (Å²) in [5.41, 5.74) is 12.5. The minimum atomic E-state index is -0.415. The molecule has 0 saturated carbocycles. The summed E-state index contributed by atoms with van der Waals surface area (Å²) in [6.45, 7) is 1.97. The average molecular weight is 195 g/mol. The average Bonchev–Trinajstić information content (AvgIpc) is 2.17. The lowest BCUT2D eigenvalue weighted by Gasteiger charge is -2.09. The van der Waals surface area contributed by atoms with Gasteiger partial charge >= 0.3 is 0 Å². The van der Waals surface area contributed by atoms with Gasteiger partial charge in [-0.05, 0) is 12.5 Å². The number of nitrogens with zero attached hydrogens (tertiary/aromatic N) is 1. The van der Waals surface area contributed by atoms with E-state index < -0.39 is 4.92 Å². The van der Waals surface area contributed by atoms with Gasteiger partial charge in [-0.1, -0.05) is 12.1 Å². The highest BCUT2D eigenvalue weighted by molar-refractivity contribution is 5.43. The molecule has 5 heteroatoms. The van der Waals surface area contributed by atoms with Crippen molar-refractivity contribution in [2.45, 2.75) is 13.0 Å². The lowest BCUT2D eigenvalue weighted by Crippen LogP contribution is -2.20. The van der Waals surface area contributed by atoms with Crippen LogP contribution >= 0.6 is 0 Å². The summed E-state index contributed by atoms with van der Waals surface area (Å²) < 4.78 is 0. The molecule has 1 rings (SSSR count). The van der Waals surface area contributed by atoms with E-state index in [1.54, 1.807) is 19.1 Å². The third kappa shape index (κ3) is 2.07. The molecule has 0 aliphatic heterocycles. The molecule has 0 spiro atoms. The molecular formula is C9H13N3O2. The van der Waals surface area contributed by atoms with Gasteiger partial charge in [0.15, 0.2) is 0 Å². The van der Waals surface area contributed by atoms with Gasteiger partial charge in [0, 0.05) is 24.2 Å². The van der Waals surface area contributed by atoms with Gasteiger partial charge in [0.1, 0.15) is 0 Å². The molecular weight excluding hydrogens is 182 g/mol. The molecule has 0 bridgehead atoms. The molecule has 0 radical (unpaired) electrons. The molecule has 0 heterocycles. The first-order valence-corrected chi connectivity index (χ1v) is 4.27. The number of nitro benzene ring substituents is 1. The standard InChI is InChI=1S/C9H13N3O2/c1-6-2-3-7(8(11)5-10)4-9(6)12(13)14/h2-4,8H,5,10-11H2,1H3/t8-/m0/s1. The Hall–Kier alpha value is -1.46. The highest BCUT2D eigenvalue weighted by atomic mass is 16.6. The molecule has 0 aliphatic rings. The van der Waals surface area contributed by atoms with Gasteiger partial charge in [-0.15, -0.1) is 0 Å². The van der Waals surface area contributed by atoms with Crippen LogP contribution in [0.25, 0.3) is 0 Å². The molecule has 0 fully saturated rings. The number of nitro groups is 1. The molecule has 76 valence electrons. The quantitative estimate of drug-likeness (QED) is 0.552. The summed E-state index contributed by atoms with van der Waals surface area (Å²) in [5.74, 6) is 0. The Labute approximate surface area is 81.9 Å². The molecule has 0 amide bonds. The number of hydrogen-bond acceptors (Lipinski definition) is 4. The topological polar surface area (TPSA) is 95.2 Å². The molecule has 0 aliphatic carbocycles. The van der Waals surface area contributed by atoms with Gasteiger partial charge < -0.3 is 11.5 Å². The molecule has 1 aromatic rings. The Morgan fingerprint density at radius 2 is 2.21 bits per heavy atom. The van der Waals surface area contributed by atoms with Crippen molar-refractivity contribution in [1.29, 1.82) is 0 Å². The summed E-state index contributed by atoms with van der Waals surface area (Å²) in [4.78, 5) is 10.2. The highest BCUT2D eigenvalue weighted by Gasteiger charge is 2.13. The van der Waals surface area contributed by atoms with Crippen molar-refractivity contribution in [3.05, 3.63) is 39.4 Å². The fraction of sp³-hybridized carbons (Fsp3) is 0.333. The normalized spacial score (nSPS) is 12.5.